The number of rotatable bonds is 3. The Morgan fingerprint density at radius 2 is 1.84 bits per heavy atom. The third-order valence-corrected chi connectivity index (χ3v) is 4.37. The predicted molar refractivity (Wildman–Crippen MR) is 88.0 cm³/mol. The van der Waals surface area contributed by atoms with Crippen molar-refractivity contribution in [3.8, 4) is 0 Å². The first-order chi connectivity index (χ1) is 12.0. The molecule has 2 heterocycles. The van der Waals surface area contributed by atoms with Gasteiger partial charge in [0.05, 0.1) is 12.2 Å². The number of fused-ring (bicyclic) bond motifs is 1. The number of benzene rings is 2. The summed E-state index contributed by atoms with van der Waals surface area (Å²) >= 11 is 0. The van der Waals surface area contributed by atoms with E-state index in [0.29, 0.717) is 12.2 Å². The van der Waals surface area contributed by atoms with Crippen molar-refractivity contribution in [3.63, 3.8) is 0 Å². The third-order valence-electron chi connectivity index (χ3n) is 4.37. The van der Waals surface area contributed by atoms with E-state index in [0.717, 1.165) is 16.0 Å². The summed E-state index contributed by atoms with van der Waals surface area (Å²) in [5.41, 5.74) is 2.43. The molecule has 2 aromatic carbocycles. The van der Waals surface area contributed by atoms with Crippen LogP contribution in [0.15, 0.2) is 58.9 Å². The summed E-state index contributed by atoms with van der Waals surface area (Å²) < 4.78 is 13.1. The molecular formula is C18H15FN4O2. The lowest BCUT2D eigenvalue weighted by Crippen LogP contribution is -2.39. The monoisotopic (exact) mass is 338 g/mol. The molecule has 2 amide bonds. The molecule has 0 radical (unpaired) electrons. The topological polar surface area (TPSA) is 65.3 Å². The van der Waals surface area contributed by atoms with Crippen LogP contribution in [0.5, 0.6) is 0 Å². The lowest BCUT2D eigenvalue weighted by atomic mass is 10.1. The fourth-order valence-electron chi connectivity index (χ4n) is 3.20. The number of aryl methyl sites for hydroxylation is 1. The van der Waals surface area contributed by atoms with Gasteiger partial charge in [-0.1, -0.05) is 35.1 Å². The quantitative estimate of drug-likeness (QED) is 0.808. The van der Waals surface area contributed by atoms with Gasteiger partial charge in [0, 0.05) is 0 Å². The number of amides is 2. The van der Waals surface area contributed by atoms with E-state index in [4.69, 9.17) is 0 Å². The van der Waals surface area contributed by atoms with Gasteiger partial charge in [0.15, 0.2) is 12.1 Å². The maximum absolute atomic E-state index is 13.1. The van der Waals surface area contributed by atoms with Crippen LogP contribution < -0.4 is 4.90 Å². The average molecular weight is 338 g/mol. The van der Waals surface area contributed by atoms with Crippen LogP contribution in [0.3, 0.4) is 0 Å². The Morgan fingerprint density at radius 3 is 2.56 bits per heavy atom. The second-order valence-electron chi connectivity index (χ2n) is 6.17. The largest absolute Gasteiger partial charge is 0.271 e. The molecule has 6 nitrogen and oxygen atoms in total. The first-order valence-corrected chi connectivity index (χ1v) is 7.91. The van der Waals surface area contributed by atoms with Crippen molar-refractivity contribution in [2.24, 2.45) is 10.3 Å². The molecule has 4 rings (SSSR count). The standard InChI is InChI=1S/C18H15FN4O2/c1-11-3-2-4-12(9-11)10-22-16-15(20-21-22)17(24)23(18(16)25)14-7-5-13(19)6-8-14/h2-9,15-16H,10H2,1H3. The second kappa shape index (κ2) is 5.77. The SMILES string of the molecule is Cc1cccc(CN2N=NC3C(=O)N(c4ccc(F)cc4)C(=O)C32)c1. The van der Waals surface area contributed by atoms with E-state index < -0.39 is 23.8 Å². The van der Waals surface area contributed by atoms with Crippen molar-refractivity contribution in [2.45, 2.75) is 25.6 Å². The van der Waals surface area contributed by atoms with E-state index in [1.54, 1.807) is 5.01 Å². The smallest absolute Gasteiger partial charge is 0.263 e. The van der Waals surface area contributed by atoms with E-state index in [9.17, 15) is 14.0 Å². The van der Waals surface area contributed by atoms with Gasteiger partial charge in [0.25, 0.3) is 11.8 Å². The van der Waals surface area contributed by atoms with Crippen LogP contribution in [-0.4, -0.2) is 28.9 Å². The summed E-state index contributed by atoms with van der Waals surface area (Å²) in [6.45, 7) is 2.38. The molecule has 2 aliphatic rings. The highest BCUT2D eigenvalue weighted by Crippen LogP contribution is 2.32. The van der Waals surface area contributed by atoms with Gasteiger partial charge >= 0.3 is 0 Å². The van der Waals surface area contributed by atoms with Crippen molar-refractivity contribution < 1.29 is 14.0 Å². The fourth-order valence-corrected chi connectivity index (χ4v) is 3.20. The lowest BCUT2D eigenvalue weighted by molar-refractivity contribution is -0.123. The Bertz CT molecular complexity index is 881. The Labute approximate surface area is 143 Å². The molecule has 2 aromatic rings. The molecule has 2 unspecified atom stereocenters. The first-order valence-electron chi connectivity index (χ1n) is 7.91. The molecular weight excluding hydrogens is 323 g/mol. The number of anilines is 1. The van der Waals surface area contributed by atoms with Crippen molar-refractivity contribution in [1.29, 1.82) is 0 Å². The van der Waals surface area contributed by atoms with Crippen molar-refractivity contribution in [1.82, 2.24) is 5.01 Å². The molecule has 0 bridgehead atoms. The normalized spacial score (nSPS) is 22.0. The van der Waals surface area contributed by atoms with Crippen LogP contribution in [0.4, 0.5) is 10.1 Å². The Balaban J connectivity index is 1.60. The van der Waals surface area contributed by atoms with Crippen LogP contribution in [0.2, 0.25) is 0 Å². The van der Waals surface area contributed by atoms with E-state index in [2.05, 4.69) is 10.3 Å². The lowest BCUT2D eigenvalue weighted by Gasteiger charge is -2.20. The molecule has 0 spiro atoms. The van der Waals surface area contributed by atoms with E-state index in [1.165, 1.54) is 24.3 Å². The van der Waals surface area contributed by atoms with E-state index >= 15 is 0 Å². The molecule has 25 heavy (non-hydrogen) atoms. The zero-order valence-electron chi connectivity index (χ0n) is 13.5. The molecule has 0 aliphatic carbocycles. The van der Waals surface area contributed by atoms with Gasteiger partial charge in [-0.3, -0.25) is 14.6 Å². The van der Waals surface area contributed by atoms with E-state index in [-0.39, 0.29) is 5.91 Å². The van der Waals surface area contributed by atoms with Crippen LogP contribution in [0, 0.1) is 12.7 Å². The average Bonchev–Trinajstić information content (AvgIpc) is 3.10. The van der Waals surface area contributed by atoms with Gasteiger partial charge in [0.2, 0.25) is 0 Å². The Morgan fingerprint density at radius 1 is 1.08 bits per heavy atom. The van der Waals surface area contributed by atoms with Gasteiger partial charge in [-0.05, 0) is 36.8 Å². The highest BCUT2D eigenvalue weighted by atomic mass is 19.1. The predicted octanol–water partition coefficient (Wildman–Crippen LogP) is 2.63. The number of halogens is 1. The van der Waals surface area contributed by atoms with Crippen molar-refractivity contribution >= 4 is 17.5 Å². The molecule has 1 saturated heterocycles. The summed E-state index contributed by atoms with van der Waals surface area (Å²) in [4.78, 5) is 26.4. The fraction of sp³-hybridized carbons (Fsp3) is 0.222. The minimum Gasteiger partial charge on any atom is -0.271 e. The van der Waals surface area contributed by atoms with Gasteiger partial charge in [-0.25, -0.2) is 9.29 Å². The Hall–Kier alpha value is -3.09. The van der Waals surface area contributed by atoms with Gasteiger partial charge in [0.1, 0.15) is 5.82 Å². The van der Waals surface area contributed by atoms with Crippen LogP contribution in [0.1, 0.15) is 11.1 Å². The zero-order valence-corrected chi connectivity index (χ0v) is 13.5. The number of carbonyl (C=O) groups is 2. The Kier molecular flexibility index (Phi) is 3.56. The maximum Gasteiger partial charge on any atom is 0.263 e. The number of hydrogen-bond donors (Lipinski definition) is 0. The maximum atomic E-state index is 13.1. The van der Waals surface area contributed by atoms with Crippen LogP contribution in [0.25, 0.3) is 0 Å². The second-order valence-corrected chi connectivity index (χ2v) is 6.17. The minimum absolute atomic E-state index is 0.344. The highest BCUT2D eigenvalue weighted by molar-refractivity contribution is 6.25. The number of imide groups is 1. The molecule has 0 saturated carbocycles. The molecule has 0 N–H and O–H groups in total. The summed E-state index contributed by atoms with van der Waals surface area (Å²) in [5.74, 6) is -1.25. The summed E-state index contributed by atoms with van der Waals surface area (Å²) in [7, 11) is 0. The number of carbonyl (C=O) groups excluding carboxylic acids is 2. The minimum atomic E-state index is -0.845. The summed E-state index contributed by atoms with van der Waals surface area (Å²) in [6, 6.07) is 11.5. The van der Waals surface area contributed by atoms with Crippen LogP contribution in [-0.2, 0) is 16.1 Å². The molecule has 2 atom stereocenters. The van der Waals surface area contributed by atoms with Crippen LogP contribution >= 0.6 is 0 Å². The third kappa shape index (κ3) is 2.57. The number of nitrogens with zero attached hydrogens (tertiary/aromatic N) is 4. The molecule has 2 aliphatic heterocycles. The van der Waals surface area contributed by atoms with Crippen molar-refractivity contribution in [2.75, 3.05) is 4.90 Å². The van der Waals surface area contributed by atoms with Gasteiger partial charge in [-0.2, -0.15) is 5.11 Å². The summed E-state index contributed by atoms with van der Waals surface area (Å²) in [5, 5.41) is 9.55. The van der Waals surface area contributed by atoms with Gasteiger partial charge < -0.3 is 0 Å². The first kappa shape index (κ1) is 15.4. The molecule has 1 fully saturated rings. The van der Waals surface area contributed by atoms with Gasteiger partial charge in [-0.15, -0.1) is 0 Å². The molecule has 7 heteroatoms. The van der Waals surface area contributed by atoms with Crippen molar-refractivity contribution in [3.05, 3.63) is 65.5 Å². The number of hydrogen-bond acceptors (Lipinski definition) is 5. The van der Waals surface area contributed by atoms with E-state index in [1.807, 2.05) is 31.2 Å². The molecule has 126 valence electrons. The highest BCUT2D eigenvalue weighted by Gasteiger charge is 2.54. The molecule has 0 aromatic heterocycles. The summed E-state index contributed by atoms with van der Waals surface area (Å²) in [6.07, 6.45) is 0. The zero-order chi connectivity index (χ0) is 17.6.